The Morgan fingerprint density at radius 1 is 1.13 bits per heavy atom. The van der Waals surface area contributed by atoms with E-state index in [1.165, 1.54) is 0 Å². The minimum absolute atomic E-state index is 0.187. The summed E-state index contributed by atoms with van der Waals surface area (Å²) in [7, 11) is 0. The molecule has 2 unspecified atom stereocenters. The Morgan fingerprint density at radius 3 is 2.26 bits per heavy atom. The zero-order valence-electron chi connectivity index (χ0n) is 20.9. The predicted molar refractivity (Wildman–Crippen MR) is 126 cm³/mol. The second-order valence-corrected chi connectivity index (χ2v) is 11.4. The molecule has 0 aromatic heterocycles. The van der Waals surface area contributed by atoms with Crippen molar-refractivity contribution in [3.8, 4) is 0 Å². The molecule has 0 bridgehead atoms. The van der Waals surface area contributed by atoms with Crippen LogP contribution in [0, 0.1) is 22.7 Å². The first-order valence-electron chi connectivity index (χ1n) is 12.2. The summed E-state index contributed by atoms with van der Waals surface area (Å²) >= 11 is 0. The smallest absolute Gasteiger partial charge is 0.344 e. The summed E-state index contributed by atoms with van der Waals surface area (Å²) in [6.07, 6.45) is 13.9. The van der Waals surface area contributed by atoms with Crippen molar-refractivity contribution in [1.82, 2.24) is 0 Å². The number of hydrogen-bond acceptors (Lipinski definition) is 4. The Bertz CT molecular complexity index is 687. The van der Waals surface area contributed by atoms with Crippen LogP contribution in [0.1, 0.15) is 99.8 Å². The quantitative estimate of drug-likeness (QED) is 0.377. The van der Waals surface area contributed by atoms with E-state index in [1.807, 2.05) is 19.1 Å². The van der Waals surface area contributed by atoms with E-state index in [1.54, 1.807) is 0 Å². The van der Waals surface area contributed by atoms with Crippen LogP contribution in [-0.4, -0.2) is 24.1 Å². The number of rotatable bonds is 9. The second kappa shape index (κ2) is 10.4. The van der Waals surface area contributed by atoms with Gasteiger partial charge < -0.3 is 9.47 Å². The Morgan fingerprint density at radius 2 is 1.77 bits per heavy atom. The third-order valence-corrected chi connectivity index (χ3v) is 7.54. The summed E-state index contributed by atoms with van der Waals surface area (Å²) in [6.45, 7) is 15.6. The van der Waals surface area contributed by atoms with Gasteiger partial charge in [-0.05, 0) is 67.6 Å². The molecule has 0 N–H and O–H groups in total. The average molecular weight is 433 g/mol. The molecule has 0 aliphatic heterocycles. The predicted octanol–water partition coefficient (Wildman–Crippen LogP) is 6.79. The second-order valence-electron chi connectivity index (χ2n) is 11.4. The van der Waals surface area contributed by atoms with Crippen LogP contribution in [0.3, 0.4) is 0 Å². The number of esters is 2. The molecule has 0 aromatic carbocycles. The van der Waals surface area contributed by atoms with Crippen LogP contribution >= 0.6 is 0 Å². The fourth-order valence-corrected chi connectivity index (χ4v) is 4.95. The average Bonchev–Trinajstić information content (AvgIpc) is 3.18. The van der Waals surface area contributed by atoms with E-state index >= 15 is 0 Å². The summed E-state index contributed by atoms with van der Waals surface area (Å²) in [5.41, 5.74) is 0.670. The van der Waals surface area contributed by atoms with E-state index < -0.39 is 11.9 Å². The Balaban J connectivity index is 1.91. The standard InChI is InChI=1S/C27H44O4/c1-8-26(6,7)18-22(25(3,4)5)20-12-14-21(15-13-20)24(29)30-19-23(28)31-27(9-2)16-10-11-17-27/h12,14-15,20,22H,8-11,13,16-19H2,1-7H3. The first kappa shape index (κ1) is 25.7. The van der Waals surface area contributed by atoms with Gasteiger partial charge in [-0.2, -0.15) is 0 Å². The molecule has 4 heteroatoms. The maximum Gasteiger partial charge on any atom is 0.344 e. The van der Waals surface area contributed by atoms with Crippen molar-refractivity contribution < 1.29 is 19.1 Å². The van der Waals surface area contributed by atoms with Crippen LogP contribution < -0.4 is 0 Å². The number of carbonyl (C=O) groups is 2. The highest BCUT2D eigenvalue weighted by atomic mass is 16.6. The lowest BCUT2D eigenvalue weighted by Crippen LogP contribution is -2.33. The highest BCUT2D eigenvalue weighted by Gasteiger charge is 2.37. The minimum Gasteiger partial charge on any atom is -0.457 e. The van der Waals surface area contributed by atoms with Crippen LogP contribution in [-0.2, 0) is 19.1 Å². The monoisotopic (exact) mass is 432 g/mol. The fourth-order valence-electron chi connectivity index (χ4n) is 4.95. The third kappa shape index (κ3) is 7.22. The van der Waals surface area contributed by atoms with Gasteiger partial charge in [0, 0.05) is 0 Å². The molecule has 0 spiro atoms. The van der Waals surface area contributed by atoms with Crippen LogP contribution in [0.15, 0.2) is 23.8 Å². The number of hydrogen-bond donors (Lipinski definition) is 0. The summed E-state index contributed by atoms with van der Waals surface area (Å²) in [5, 5.41) is 0. The van der Waals surface area contributed by atoms with E-state index in [9.17, 15) is 9.59 Å². The van der Waals surface area contributed by atoms with Gasteiger partial charge in [0.25, 0.3) is 0 Å². The van der Waals surface area contributed by atoms with E-state index in [2.05, 4.69) is 47.6 Å². The van der Waals surface area contributed by atoms with Crippen LogP contribution in [0.2, 0.25) is 0 Å². The Labute approximate surface area is 189 Å². The van der Waals surface area contributed by atoms with Crippen LogP contribution in [0.25, 0.3) is 0 Å². The molecule has 0 radical (unpaired) electrons. The molecule has 4 nitrogen and oxygen atoms in total. The van der Waals surface area contributed by atoms with Gasteiger partial charge in [0.15, 0.2) is 6.61 Å². The topological polar surface area (TPSA) is 52.6 Å². The Hall–Kier alpha value is -1.58. The maximum absolute atomic E-state index is 12.5. The van der Waals surface area contributed by atoms with Gasteiger partial charge in [-0.15, -0.1) is 0 Å². The molecule has 176 valence electrons. The number of carbonyl (C=O) groups excluding carboxylic acids is 2. The summed E-state index contributed by atoms with van der Waals surface area (Å²) in [5.74, 6) is 0.0491. The Kier molecular flexibility index (Phi) is 8.58. The van der Waals surface area contributed by atoms with Gasteiger partial charge in [-0.25, -0.2) is 9.59 Å². The molecule has 0 heterocycles. The SMILES string of the molecule is CCC(C)(C)CC(C1C=CC(C(=O)OCC(=O)OC2(CC)CCCC2)=CC1)C(C)(C)C. The normalized spacial score (nSPS) is 22.0. The molecular weight excluding hydrogens is 388 g/mol. The largest absolute Gasteiger partial charge is 0.457 e. The molecule has 0 saturated heterocycles. The molecule has 2 aliphatic carbocycles. The highest BCUT2D eigenvalue weighted by Crippen LogP contribution is 2.44. The van der Waals surface area contributed by atoms with Crippen molar-refractivity contribution in [2.75, 3.05) is 6.61 Å². The molecule has 2 rings (SSSR count). The zero-order chi connectivity index (χ0) is 23.3. The summed E-state index contributed by atoms with van der Waals surface area (Å²) < 4.78 is 10.9. The number of allylic oxidation sites excluding steroid dienone is 2. The molecule has 2 atom stereocenters. The van der Waals surface area contributed by atoms with Crippen molar-refractivity contribution in [2.45, 2.75) is 105 Å². The molecule has 2 aliphatic rings. The molecule has 0 amide bonds. The zero-order valence-corrected chi connectivity index (χ0v) is 20.9. The first-order chi connectivity index (χ1) is 14.4. The van der Waals surface area contributed by atoms with Gasteiger partial charge in [0.1, 0.15) is 5.60 Å². The van der Waals surface area contributed by atoms with Crippen molar-refractivity contribution in [2.24, 2.45) is 22.7 Å². The minimum atomic E-state index is -0.440. The van der Waals surface area contributed by atoms with E-state index in [4.69, 9.17) is 9.47 Å². The lowest BCUT2D eigenvalue weighted by Gasteiger charge is -2.41. The summed E-state index contributed by atoms with van der Waals surface area (Å²) in [4.78, 5) is 24.7. The molecular formula is C27H44O4. The van der Waals surface area contributed by atoms with Crippen LogP contribution in [0.4, 0.5) is 0 Å². The number of ether oxygens (including phenoxy) is 2. The van der Waals surface area contributed by atoms with Crippen molar-refractivity contribution in [1.29, 1.82) is 0 Å². The van der Waals surface area contributed by atoms with Crippen molar-refractivity contribution >= 4 is 11.9 Å². The maximum atomic E-state index is 12.5. The molecule has 0 aromatic rings. The van der Waals surface area contributed by atoms with E-state index in [0.29, 0.717) is 22.8 Å². The highest BCUT2D eigenvalue weighted by molar-refractivity contribution is 5.93. The van der Waals surface area contributed by atoms with E-state index in [0.717, 1.165) is 51.4 Å². The lowest BCUT2D eigenvalue weighted by molar-refractivity contribution is -0.168. The van der Waals surface area contributed by atoms with Gasteiger partial charge in [-0.1, -0.05) is 73.1 Å². The van der Waals surface area contributed by atoms with E-state index in [-0.39, 0.29) is 17.6 Å². The van der Waals surface area contributed by atoms with Crippen LogP contribution in [0.5, 0.6) is 0 Å². The van der Waals surface area contributed by atoms with Crippen molar-refractivity contribution in [3.05, 3.63) is 23.8 Å². The fraction of sp³-hybridized carbons (Fsp3) is 0.778. The van der Waals surface area contributed by atoms with Crippen molar-refractivity contribution in [3.63, 3.8) is 0 Å². The molecule has 1 saturated carbocycles. The first-order valence-corrected chi connectivity index (χ1v) is 12.2. The third-order valence-electron chi connectivity index (χ3n) is 7.54. The van der Waals surface area contributed by atoms with Gasteiger partial charge in [0.2, 0.25) is 0 Å². The van der Waals surface area contributed by atoms with Gasteiger partial charge >= 0.3 is 11.9 Å². The molecule has 1 fully saturated rings. The molecule has 31 heavy (non-hydrogen) atoms. The van der Waals surface area contributed by atoms with Gasteiger partial charge in [-0.3, -0.25) is 0 Å². The summed E-state index contributed by atoms with van der Waals surface area (Å²) in [6, 6.07) is 0. The lowest BCUT2D eigenvalue weighted by atomic mass is 9.64. The van der Waals surface area contributed by atoms with Gasteiger partial charge in [0.05, 0.1) is 5.57 Å².